The van der Waals surface area contributed by atoms with Crippen LogP contribution in [0.15, 0.2) is 0 Å². The highest BCUT2D eigenvalue weighted by atomic mass is 32.1. The van der Waals surface area contributed by atoms with Gasteiger partial charge in [0.25, 0.3) is 5.91 Å². The highest BCUT2D eigenvalue weighted by Crippen LogP contribution is 2.34. The maximum Gasteiger partial charge on any atom is 0.328 e. The van der Waals surface area contributed by atoms with Gasteiger partial charge >= 0.3 is 5.97 Å². The molecule has 2 unspecified atom stereocenters. The first kappa shape index (κ1) is 21.2. The molecule has 1 saturated carbocycles. The summed E-state index contributed by atoms with van der Waals surface area (Å²) in [5.74, 6) is -0.586. The minimum absolute atomic E-state index is 0.160. The van der Waals surface area contributed by atoms with Crippen LogP contribution in [0.1, 0.15) is 66.8 Å². The van der Waals surface area contributed by atoms with Crippen molar-refractivity contribution in [3.05, 3.63) is 15.6 Å². The fourth-order valence-electron chi connectivity index (χ4n) is 4.04. The average molecular weight is 409 g/mol. The minimum Gasteiger partial charge on any atom is -0.459 e. The number of hydrogen-bond acceptors (Lipinski definition) is 7. The third-order valence-corrected chi connectivity index (χ3v) is 6.65. The highest BCUT2D eigenvalue weighted by Gasteiger charge is 2.49. The summed E-state index contributed by atoms with van der Waals surface area (Å²) in [4.78, 5) is 35.7. The Hall–Kier alpha value is -1.51. The van der Waals surface area contributed by atoms with Gasteiger partial charge in [-0.25, -0.2) is 9.78 Å². The van der Waals surface area contributed by atoms with Crippen LogP contribution in [0.3, 0.4) is 0 Å². The molecule has 0 radical (unpaired) electrons. The van der Waals surface area contributed by atoms with Gasteiger partial charge in [0.05, 0.1) is 11.7 Å². The molecular weight excluding hydrogens is 376 g/mol. The van der Waals surface area contributed by atoms with E-state index in [0.29, 0.717) is 17.8 Å². The van der Waals surface area contributed by atoms with Gasteiger partial charge in [-0.3, -0.25) is 4.79 Å². The van der Waals surface area contributed by atoms with Crippen LogP contribution in [0.5, 0.6) is 0 Å². The first-order valence-electron chi connectivity index (χ1n) is 9.98. The molecule has 1 amide bonds. The topological polar surface area (TPSA) is 88.8 Å². The number of fused-ring (bicyclic) bond motifs is 1. The number of thiazole rings is 1. The molecule has 0 aromatic carbocycles. The van der Waals surface area contributed by atoms with E-state index in [9.17, 15) is 9.59 Å². The Kier molecular flexibility index (Phi) is 5.85. The Bertz CT molecular complexity index is 757. The van der Waals surface area contributed by atoms with Gasteiger partial charge < -0.3 is 20.3 Å². The van der Waals surface area contributed by atoms with E-state index >= 15 is 0 Å². The lowest BCUT2D eigenvalue weighted by atomic mass is 9.77. The van der Waals surface area contributed by atoms with Crippen molar-refractivity contribution >= 4 is 23.2 Å². The molecule has 3 rings (SSSR count). The molecule has 2 heterocycles. The third-order valence-electron chi connectivity index (χ3n) is 5.58. The Morgan fingerprint density at radius 3 is 2.75 bits per heavy atom. The smallest absolute Gasteiger partial charge is 0.328 e. The van der Waals surface area contributed by atoms with E-state index in [2.05, 4.69) is 16.9 Å². The van der Waals surface area contributed by atoms with Gasteiger partial charge in [0.15, 0.2) is 5.01 Å². The summed E-state index contributed by atoms with van der Waals surface area (Å²) in [5, 5.41) is 0.486. The summed E-state index contributed by atoms with van der Waals surface area (Å²) in [5.41, 5.74) is 5.81. The lowest BCUT2D eigenvalue weighted by molar-refractivity contribution is -0.165. The molecule has 2 aliphatic rings. The molecule has 1 aromatic heterocycles. The molecule has 2 atom stereocenters. The van der Waals surface area contributed by atoms with Gasteiger partial charge in [-0.2, -0.15) is 0 Å². The van der Waals surface area contributed by atoms with Crippen LogP contribution < -0.4 is 5.73 Å². The maximum absolute atomic E-state index is 13.2. The number of rotatable bonds is 3. The quantitative estimate of drug-likeness (QED) is 0.771. The number of amides is 1. The number of nitrogens with two attached hydrogens (primary N) is 1. The second-order valence-corrected chi connectivity index (χ2v) is 10.2. The molecule has 0 saturated heterocycles. The Balaban J connectivity index is 1.81. The van der Waals surface area contributed by atoms with Gasteiger partial charge in [0.1, 0.15) is 11.1 Å². The summed E-state index contributed by atoms with van der Waals surface area (Å²) in [6, 6.07) is -0.396. The molecule has 0 bridgehead atoms. The van der Waals surface area contributed by atoms with Crippen molar-refractivity contribution in [2.24, 2.45) is 5.73 Å². The average Bonchev–Trinajstić information content (AvgIpc) is 3.02. The van der Waals surface area contributed by atoms with Gasteiger partial charge in [-0.1, -0.05) is 12.8 Å². The molecule has 2 N–H and O–H groups in total. The van der Waals surface area contributed by atoms with Crippen LogP contribution in [0, 0.1) is 0 Å². The lowest BCUT2D eigenvalue weighted by Gasteiger charge is -2.44. The highest BCUT2D eigenvalue weighted by molar-refractivity contribution is 7.13. The van der Waals surface area contributed by atoms with Gasteiger partial charge in [-0.05, 0) is 40.7 Å². The summed E-state index contributed by atoms with van der Waals surface area (Å²) in [7, 11) is 3.80. The number of esters is 1. The zero-order valence-corrected chi connectivity index (χ0v) is 18.4. The SMILES string of the molecule is CN1CCc2nc(C(=O)N(C)C3CCCCC3(N)C(=O)OC(C)(C)C)sc2C1. The van der Waals surface area contributed by atoms with E-state index in [1.54, 1.807) is 11.9 Å². The molecule has 1 fully saturated rings. The standard InChI is InChI=1S/C20H32N4O3S/c1-19(2,3)27-18(26)20(21)10-7-6-8-15(20)24(5)17(25)16-22-13-9-11-23(4)12-14(13)28-16/h15H,6-12,21H2,1-5H3. The first-order chi connectivity index (χ1) is 13.0. The molecule has 156 valence electrons. The van der Waals surface area contributed by atoms with Crippen molar-refractivity contribution in [3.8, 4) is 0 Å². The number of hydrogen-bond donors (Lipinski definition) is 1. The monoisotopic (exact) mass is 408 g/mol. The minimum atomic E-state index is -1.19. The predicted molar refractivity (Wildman–Crippen MR) is 109 cm³/mol. The number of carbonyl (C=O) groups excluding carboxylic acids is 2. The van der Waals surface area contributed by atoms with E-state index < -0.39 is 23.2 Å². The fraction of sp³-hybridized carbons (Fsp3) is 0.750. The number of carbonyl (C=O) groups is 2. The zero-order valence-electron chi connectivity index (χ0n) is 17.6. The van der Waals surface area contributed by atoms with Crippen molar-refractivity contribution in [3.63, 3.8) is 0 Å². The van der Waals surface area contributed by atoms with Crippen molar-refractivity contribution < 1.29 is 14.3 Å². The van der Waals surface area contributed by atoms with Gasteiger partial charge in [-0.15, -0.1) is 11.3 Å². The van der Waals surface area contributed by atoms with Gasteiger partial charge in [0.2, 0.25) is 0 Å². The van der Waals surface area contributed by atoms with E-state index in [4.69, 9.17) is 10.5 Å². The largest absolute Gasteiger partial charge is 0.459 e. The van der Waals surface area contributed by atoms with Crippen molar-refractivity contribution in [1.29, 1.82) is 0 Å². The molecule has 1 aliphatic carbocycles. The van der Waals surface area contributed by atoms with Crippen molar-refractivity contribution in [1.82, 2.24) is 14.8 Å². The molecular formula is C20H32N4O3S. The summed E-state index contributed by atoms with van der Waals surface area (Å²) < 4.78 is 5.60. The maximum atomic E-state index is 13.2. The Morgan fingerprint density at radius 1 is 1.36 bits per heavy atom. The number of nitrogens with zero attached hydrogens (tertiary/aromatic N) is 3. The molecule has 7 nitrogen and oxygen atoms in total. The van der Waals surface area contributed by atoms with Crippen LogP contribution in [0.2, 0.25) is 0 Å². The summed E-state index contributed by atoms with van der Waals surface area (Å²) in [6.45, 7) is 7.27. The molecule has 8 heteroatoms. The predicted octanol–water partition coefficient (Wildman–Crippen LogP) is 2.18. The van der Waals surface area contributed by atoms with E-state index in [1.165, 1.54) is 11.3 Å². The molecule has 1 aliphatic heterocycles. The number of ether oxygens (including phenoxy) is 1. The second-order valence-electron chi connectivity index (χ2n) is 9.10. The first-order valence-corrected chi connectivity index (χ1v) is 10.8. The molecule has 28 heavy (non-hydrogen) atoms. The normalized spacial score (nSPS) is 25.9. The summed E-state index contributed by atoms with van der Waals surface area (Å²) >= 11 is 1.46. The van der Waals surface area contributed by atoms with Crippen LogP contribution in [-0.4, -0.2) is 64.5 Å². The van der Waals surface area contributed by atoms with Crippen molar-refractivity contribution in [2.75, 3.05) is 20.6 Å². The van der Waals surface area contributed by atoms with Crippen LogP contribution in [0.25, 0.3) is 0 Å². The van der Waals surface area contributed by atoms with Crippen LogP contribution >= 0.6 is 11.3 Å². The number of likely N-dealkylation sites (N-methyl/N-ethyl adjacent to an activating group) is 2. The molecule has 0 spiro atoms. The Labute approximate surface area is 171 Å². The number of aromatic nitrogens is 1. The second kappa shape index (κ2) is 7.72. The Morgan fingerprint density at radius 2 is 2.07 bits per heavy atom. The third kappa shape index (κ3) is 4.23. The van der Waals surface area contributed by atoms with Crippen LogP contribution in [-0.2, 0) is 22.5 Å². The van der Waals surface area contributed by atoms with Gasteiger partial charge in [0, 0.05) is 31.4 Å². The lowest BCUT2D eigenvalue weighted by Crippen LogP contribution is -2.65. The fourth-order valence-corrected chi connectivity index (χ4v) is 5.21. The van der Waals surface area contributed by atoms with Crippen molar-refractivity contribution in [2.45, 2.75) is 76.6 Å². The summed E-state index contributed by atoms with van der Waals surface area (Å²) in [6.07, 6.45) is 3.85. The van der Waals surface area contributed by atoms with E-state index in [-0.39, 0.29) is 5.91 Å². The molecule has 1 aromatic rings. The van der Waals surface area contributed by atoms with E-state index in [1.807, 2.05) is 20.8 Å². The van der Waals surface area contributed by atoms with E-state index in [0.717, 1.165) is 42.9 Å². The van der Waals surface area contributed by atoms with Crippen LogP contribution in [0.4, 0.5) is 0 Å². The zero-order chi connectivity index (χ0) is 20.7.